The molecule has 0 bridgehead atoms. The first-order valence-electron chi connectivity index (χ1n) is 4.71. The summed E-state index contributed by atoms with van der Waals surface area (Å²) in [4.78, 5) is 11.1. The number of nitrogens with two attached hydrogens (primary N) is 1. The standard InChI is InChI=1S/C9H20N2O2/c1-7(5-10)3-4-9(13)11-6-8(2)12/h7-8,12H,3-6,10H2,1-2H3,(H,11,13)/t7?,8-/m0/s1. The van der Waals surface area contributed by atoms with Crippen molar-refractivity contribution in [3.05, 3.63) is 0 Å². The van der Waals surface area contributed by atoms with Crippen LogP contribution in [0, 0.1) is 5.92 Å². The number of nitrogens with one attached hydrogen (secondary N) is 1. The van der Waals surface area contributed by atoms with Crippen LogP contribution in [0.3, 0.4) is 0 Å². The zero-order chi connectivity index (χ0) is 10.3. The lowest BCUT2D eigenvalue weighted by Gasteiger charge is -2.09. The lowest BCUT2D eigenvalue weighted by atomic mass is 10.1. The SMILES string of the molecule is CC(CN)CCC(=O)NC[C@H](C)O. The Morgan fingerprint density at radius 1 is 1.54 bits per heavy atom. The van der Waals surface area contributed by atoms with E-state index < -0.39 is 6.10 Å². The third-order valence-corrected chi connectivity index (χ3v) is 1.86. The molecule has 0 aromatic rings. The quantitative estimate of drug-likeness (QED) is 0.543. The molecule has 4 N–H and O–H groups in total. The maximum absolute atomic E-state index is 11.1. The molecule has 0 aromatic carbocycles. The molecule has 1 amide bonds. The Hall–Kier alpha value is -0.610. The van der Waals surface area contributed by atoms with E-state index in [2.05, 4.69) is 5.32 Å². The van der Waals surface area contributed by atoms with Gasteiger partial charge in [0.1, 0.15) is 0 Å². The number of amides is 1. The fourth-order valence-corrected chi connectivity index (χ4v) is 0.845. The van der Waals surface area contributed by atoms with Gasteiger partial charge in [0.05, 0.1) is 6.10 Å². The predicted octanol–water partition coefficient (Wildman–Crippen LogP) is -0.142. The Morgan fingerprint density at radius 3 is 2.62 bits per heavy atom. The number of hydrogen-bond donors (Lipinski definition) is 3. The molecular formula is C9H20N2O2. The minimum absolute atomic E-state index is 0.0128. The highest BCUT2D eigenvalue weighted by molar-refractivity contribution is 5.75. The summed E-state index contributed by atoms with van der Waals surface area (Å²) in [6, 6.07) is 0. The van der Waals surface area contributed by atoms with Crippen LogP contribution in [0.5, 0.6) is 0 Å². The van der Waals surface area contributed by atoms with E-state index in [4.69, 9.17) is 10.8 Å². The fraction of sp³-hybridized carbons (Fsp3) is 0.889. The summed E-state index contributed by atoms with van der Waals surface area (Å²) in [5.41, 5.74) is 5.41. The van der Waals surface area contributed by atoms with Gasteiger partial charge in [0.2, 0.25) is 5.91 Å². The van der Waals surface area contributed by atoms with Gasteiger partial charge >= 0.3 is 0 Å². The van der Waals surface area contributed by atoms with Crippen LogP contribution in [0.4, 0.5) is 0 Å². The van der Waals surface area contributed by atoms with Crippen molar-refractivity contribution in [1.82, 2.24) is 5.32 Å². The summed E-state index contributed by atoms with van der Waals surface area (Å²) in [5, 5.41) is 11.5. The third kappa shape index (κ3) is 7.74. The molecule has 4 heteroatoms. The number of aliphatic hydroxyl groups excluding tert-OH is 1. The highest BCUT2D eigenvalue weighted by Gasteiger charge is 2.05. The zero-order valence-corrected chi connectivity index (χ0v) is 8.42. The highest BCUT2D eigenvalue weighted by atomic mass is 16.3. The highest BCUT2D eigenvalue weighted by Crippen LogP contribution is 2.02. The average Bonchev–Trinajstić information content (AvgIpc) is 2.10. The van der Waals surface area contributed by atoms with Crippen molar-refractivity contribution >= 4 is 5.91 Å². The van der Waals surface area contributed by atoms with Crippen molar-refractivity contribution < 1.29 is 9.90 Å². The summed E-state index contributed by atoms with van der Waals surface area (Å²) < 4.78 is 0. The van der Waals surface area contributed by atoms with E-state index in [-0.39, 0.29) is 5.91 Å². The van der Waals surface area contributed by atoms with Gasteiger partial charge in [0, 0.05) is 13.0 Å². The molecule has 0 aliphatic heterocycles. The van der Waals surface area contributed by atoms with Crippen LogP contribution in [0.25, 0.3) is 0 Å². The Bertz CT molecular complexity index is 149. The summed E-state index contributed by atoms with van der Waals surface area (Å²) in [5.74, 6) is 0.374. The molecule has 0 aliphatic rings. The van der Waals surface area contributed by atoms with Gasteiger partial charge < -0.3 is 16.2 Å². The molecule has 0 saturated carbocycles. The minimum Gasteiger partial charge on any atom is -0.392 e. The van der Waals surface area contributed by atoms with Crippen LogP contribution in [-0.2, 0) is 4.79 Å². The molecule has 2 atom stereocenters. The number of carbonyl (C=O) groups excluding carboxylic acids is 1. The van der Waals surface area contributed by atoms with Gasteiger partial charge in [-0.2, -0.15) is 0 Å². The van der Waals surface area contributed by atoms with Gasteiger partial charge in [-0.05, 0) is 25.8 Å². The van der Waals surface area contributed by atoms with Crippen molar-refractivity contribution in [3.63, 3.8) is 0 Å². The molecule has 0 aromatic heterocycles. The van der Waals surface area contributed by atoms with Crippen LogP contribution >= 0.6 is 0 Å². The Kier molecular flexibility index (Phi) is 6.54. The van der Waals surface area contributed by atoms with E-state index in [0.29, 0.717) is 25.4 Å². The summed E-state index contributed by atoms with van der Waals surface area (Å²) >= 11 is 0. The average molecular weight is 188 g/mol. The minimum atomic E-state index is -0.476. The first-order chi connectivity index (χ1) is 6.06. The second kappa shape index (κ2) is 6.86. The van der Waals surface area contributed by atoms with Crippen LogP contribution in [0.15, 0.2) is 0 Å². The number of hydrogen-bond acceptors (Lipinski definition) is 3. The number of rotatable bonds is 6. The Balaban J connectivity index is 3.40. The van der Waals surface area contributed by atoms with Crippen LogP contribution in [0.1, 0.15) is 26.7 Å². The van der Waals surface area contributed by atoms with Crippen molar-refractivity contribution in [2.45, 2.75) is 32.8 Å². The fourth-order valence-electron chi connectivity index (χ4n) is 0.845. The van der Waals surface area contributed by atoms with Crippen molar-refractivity contribution in [1.29, 1.82) is 0 Å². The molecule has 0 radical (unpaired) electrons. The molecule has 0 heterocycles. The monoisotopic (exact) mass is 188 g/mol. The summed E-state index contributed by atoms with van der Waals surface area (Å²) in [7, 11) is 0. The second-order valence-electron chi connectivity index (χ2n) is 3.53. The molecule has 0 aliphatic carbocycles. The van der Waals surface area contributed by atoms with Gasteiger partial charge in [-0.1, -0.05) is 6.92 Å². The van der Waals surface area contributed by atoms with E-state index in [1.165, 1.54) is 0 Å². The summed E-state index contributed by atoms with van der Waals surface area (Å²) in [6.45, 7) is 4.60. The van der Waals surface area contributed by atoms with Crippen LogP contribution in [0.2, 0.25) is 0 Å². The van der Waals surface area contributed by atoms with Crippen molar-refractivity contribution in [3.8, 4) is 0 Å². The number of aliphatic hydroxyl groups is 1. The van der Waals surface area contributed by atoms with Crippen molar-refractivity contribution in [2.24, 2.45) is 11.7 Å². The third-order valence-electron chi connectivity index (χ3n) is 1.86. The van der Waals surface area contributed by atoms with Crippen LogP contribution in [-0.4, -0.2) is 30.2 Å². The molecule has 0 rings (SSSR count). The van der Waals surface area contributed by atoms with Gasteiger partial charge in [-0.15, -0.1) is 0 Å². The van der Waals surface area contributed by atoms with Crippen molar-refractivity contribution in [2.75, 3.05) is 13.1 Å². The normalized spacial score (nSPS) is 15.1. The predicted molar refractivity (Wildman–Crippen MR) is 52.1 cm³/mol. The molecule has 13 heavy (non-hydrogen) atoms. The molecule has 1 unspecified atom stereocenters. The molecule has 0 saturated heterocycles. The topological polar surface area (TPSA) is 75.4 Å². The summed E-state index contributed by atoms with van der Waals surface area (Å²) in [6.07, 6.45) is 0.823. The first kappa shape index (κ1) is 12.4. The van der Waals surface area contributed by atoms with Gasteiger partial charge in [0.15, 0.2) is 0 Å². The Labute approximate surface area is 79.5 Å². The van der Waals surface area contributed by atoms with Gasteiger partial charge in [0.25, 0.3) is 0 Å². The molecular weight excluding hydrogens is 168 g/mol. The van der Waals surface area contributed by atoms with Crippen LogP contribution < -0.4 is 11.1 Å². The molecule has 78 valence electrons. The second-order valence-corrected chi connectivity index (χ2v) is 3.53. The largest absolute Gasteiger partial charge is 0.392 e. The lowest BCUT2D eigenvalue weighted by Crippen LogP contribution is -2.30. The first-order valence-corrected chi connectivity index (χ1v) is 4.71. The van der Waals surface area contributed by atoms with E-state index in [1.807, 2.05) is 6.92 Å². The molecule has 4 nitrogen and oxygen atoms in total. The Morgan fingerprint density at radius 2 is 2.15 bits per heavy atom. The molecule has 0 fully saturated rings. The van der Waals surface area contributed by atoms with Gasteiger partial charge in [-0.3, -0.25) is 4.79 Å². The smallest absolute Gasteiger partial charge is 0.220 e. The number of carbonyl (C=O) groups is 1. The lowest BCUT2D eigenvalue weighted by molar-refractivity contribution is -0.121. The van der Waals surface area contributed by atoms with E-state index in [0.717, 1.165) is 6.42 Å². The van der Waals surface area contributed by atoms with E-state index in [1.54, 1.807) is 6.92 Å². The molecule has 0 spiro atoms. The van der Waals surface area contributed by atoms with Gasteiger partial charge in [-0.25, -0.2) is 0 Å². The zero-order valence-electron chi connectivity index (χ0n) is 8.42. The maximum Gasteiger partial charge on any atom is 0.220 e. The van der Waals surface area contributed by atoms with E-state index in [9.17, 15) is 4.79 Å². The maximum atomic E-state index is 11.1. The van der Waals surface area contributed by atoms with E-state index >= 15 is 0 Å².